The van der Waals surface area contributed by atoms with Crippen molar-refractivity contribution in [3.63, 3.8) is 0 Å². The first-order chi connectivity index (χ1) is 10.1. The van der Waals surface area contributed by atoms with Crippen LogP contribution in [0.15, 0.2) is 41.7 Å². The summed E-state index contributed by atoms with van der Waals surface area (Å²) < 4.78 is 13.6. The van der Waals surface area contributed by atoms with Gasteiger partial charge in [0.15, 0.2) is 0 Å². The van der Waals surface area contributed by atoms with Crippen LogP contribution in [0, 0.1) is 5.82 Å². The van der Waals surface area contributed by atoms with Gasteiger partial charge < -0.3 is 10.2 Å². The molecule has 1 aromatic heterocycles. The summed E-state index contributed by atoms with van der Waals surface area (Å²) >= 11 is 1.32. The molecule has 1 aromatic carbocycles. The number of urea groups is 1. The van der Waals surface area contributed by atoms with E-state index in [1.165, 1.54) is 22.7 Å². The quantitative estimate of drug-likeness (QED) is 0.882. The maximum Gasteiger partial charge on any atom is 0.321 e. The van der Waals surface area contributed by atoms with Crippen molar-refractivity contribution < 1.29 is 9.18 Å². The van der Waals surface area contributed by atoms with Crippen molar-refractivity contribution in [3.05, 3.63) is 48.3 Å². The summed E-state index contributed by atoms with van der Waals surface area (Å²) in [6, 6.07) is 4.28. The summed E-state index contributed by atoms with van der Waals surface area (Å²) in [7, 11) is 1.64. The smallest absolute Gasteiger partial charge is 0.321 e. The van der Waals surface area contributed by atoms with Gasteiger partial charge in [0.05, 0.1) is 18.4 Å². The third-order valence-corrected chi connectivity index (χ3v) is 3.54. The van der Waals surface area contributed by atoms with E-state index in [-0.39, 0.29) is 11.8 Å². The van der Waals surface area contributed by atoms with Gasteiger partial charge in [0, 0.05) is 30.0 Å². The standard InChI is InChI=1S/C14H15FN4OS/c1-19(9-11-8-16-5-6-17-11)14(20)18-10-3-4-13(21-2)12(15)7-10/h3-8H,9H2,1-2H3,(H,18,20). The van der Waals surface area contributed by atoms with Crippen molar-refractivity contribution in [2.45, 2.75) is 11.4 Å². The molecule has 2 amide bonds. The number of aromatic nitrogens is 2. The molecule has 0 unspecified atom stereocenters. The van der Waals surface area contributed by atoms with Crippen molar-refractivity contribution in [2.75, 3.05) is 18.6 Å². The number of nitrogens with zero attached hydrogens (tertiary/aromatic N) is 3. The van der Waals surface area contributed by atoms with Crippen LogP contribution in [0.4, 0.5) is 14.9 Å². The minimum atomic E-state index is -0.350. The van der Waals surface area contributed by atoms with Gasteiger partial charge in [0.25, 0.3) is 0 Å². The molecule has 7 heteroatoms. The van der Waals surface area contributed by atoms with E-state index in [0.29, 0.717) is 22.8 Å². The molecule has 0 saturated heterocycles. The maximum absolute atomic E-state index is 13.6. The Kier molecular flexibility index (Phi) is 5.10. The molecule has 5 nitrogen and oxygen atoms in total. The van der Waals surface area contributed by atoms with Gasteiger partial charge in [0.2, 0.25) is 0 Å². The van der Waals surface area contributed by atoms with Crippen LogP contribution >= 0.6 is 11.8 Å². The molecular formula is C14H15FN4OS. The third kappa shape index (κ3) is 4.16. The van der Waals surface area contributed by atoms with Gasteiger partial charge in [-0.2, -0.15) is 0 Å². The fraction of sp³-hybridized carbons (Fsp3) is 0.214. The summed E-state index contributed by atoms with van der Waals surface area (Å²) in [5, 5.41) is 2.64. The highest BCUT2D eigenvalue weighted by Crippen LogP contribution is 2.22. The Morgan fingerprint density at radius 3 is 2.86 bits per heavy atom. The Bertz CT molecular complexity index is 624. The molecule has 0 aliphatic heterocycles. The number of halogens is 1. The molecule has 0 aliphatic rings. The van der Waals surface area contributed by atoms with Crippen LogP contribution in [0.5, 0.6) is 0 Å². The third-order valence-electron chi connectivity index (χ3n) is 2.77. The van der Waals surface area contributed by atoms with Gasteiger partial charge in [-0.25, -0.2) is 9.18 Å². The molecule has 0 atom stereocenters. The Balaban J connectivity index is 1.99. The highest BCUT2D eigenvalue weighted by molar-refractivity contribution is 7.98. The van der Waals surface area contributed by atoms with Gasteiger partial charge in [-0.15, -0.1) is 11.8 Å². The lowest BCUT2D eigenvalue weighted by Gasteiger charge is -2.17. The topological polar surface area (TPSA) is 58.1 Å². The molecule has 2 aromatic rings. The summed E-state index contributed by atoms with van der Waals surface area (Å²) in [4.78, 5) is 22.0. The van der Waals surface area contributed by atoms with E-state index in [9.17, 15) is 9.18 Å². The van der Waals surface area contributed by atoms with Gasteiger partial charge in [0.1, 0.15) is 5.82 Å². The molecule has 0 spiro atoms. The molecule has 0 aliphatic carbocycles. The summed E-state index contributed by atoms with van der Waals surface area (Å²) in [5.74, 6) is -0.350. The minimum Gasteiger partial charge on any atom is -0.322 e. The first kappa shape index (κ1) is 15.2. The number of hydrogen-bond acceptors (Lipinski definition) is 4. The van der Waals surface area contributed by atoms with Crippen molar-refractivity contribution in [1.82, 2.24) is 14.9 Å². The van der Waals surface area contributed by atoms with Gasteiger partial charge in [-0.3, -0.25) is 9.97 Å². The average Bonchev–Trinajstić information content (AvgIpc) is 2.48. The Labute approximate surface area is 126 Å². The summed E-state index contributed by atoms with van der Waals surface area (Å²) in [6.07, 6.45) is 6.53. The predicted octanol–water partition coefficient (Wildman–Crippen LogP) is 3.00. The van der Waals surface area contributed by atoms with E-state index in [2.05, 4.69) is 15.3 Å². The second-order valence-electron chi connectivity index (χ2n) is 4.33. The Morgan fingerprint density at radius 1 is 1.43 bits per heavy atom. The van der Waals surface area contributed by atoms with Crippen LogP contribution < -0.4 is 5.32 Å². The highest BCUT2D eigenvalue weighted by atomic mass is 32.2. The Morgan fingerprint density at radius 2 is 2.24 bits per heavy atom. The second kappa shape index (κ2) is 7.03. The fourth-order valence-electron chi connectivity index (χ4n) is 1.69. The SMILES string of the molecule is CSc1ccc(NC(=O)N(C)Cc2cnccn2)cc1F. The van der Waals surface area contributed by atoms with Crippen LogP contribution in [-0.2, 0) is 6.54 Å². The zero-order valence-corrected chi connectivity index (χ0v) is 12.5. The number of amides is 2. The first-order valence-electron chi connectivity index (χ1n) is 6.20. The number of nitrogens with one attached hydrogen (secondary N) is 1. The lowest BCUT2D eigenvalue weighted by atomic mass is 10.3. The lowest BCUT2D eigenvalue weighted by molar-refractivity contribution is 0.220. The van der Waals surface area contributed by atoms with Crippen molar-refractivity contribution in [1.29, 1.82) is 0 Å². The van der Waals surface area contributed by atoms with E-state index < -0.39 is 0 Å². The molecule has 2 rings (SSSR count). The monoisotopic (exact) mass is 306 g/mol. The number of carbonyl (C=O) groups is 1. The highest BCUT2D eigenvalue weighted by Gasteiger charge is 2.11. The molecule has 0 fully saturated rings. The van der Waals surface area contributed by atoms with E-state index in [0.717, 1.165) is 0 Å². The number of thioether (sulfide) groups is 1. The maximum atomic E-state index is 13.6. The number of hydrogen-bond donors (Lipinski definition) is 1. The number of anilines is 1. The number of carbonyl (C=O) groups excluding carboxylic acids is 1. The predicted molar refractivity (Wildman–Crippen MR) is 80.7 cm³/mol. The lowest BCUT2D eigenvalue weighted by Crippen LogP contribution is -2.31. The second-order valence-corrected chi connectivity index (χ2v) is 5.18. The summed E-state index contributed by atoms with van der Waals surface area (Å²) in [5.41, 5.74) is 1.10. The zero-order valence-electron chi connectivity index (χ0n) is 11.7. The van der Waals surface area contributed by atoms with E-state index >= 15 is 0 Å². The van der Waals surface area contributed by atoms with Crippen LogP contribution in [0.25, 0.3) is 0 Å². The van der Waals surface area contributed by atoms with E-state index in [1.54, 1.807) is 44.0 Å². The van der Waals surface area contributed by atoms with Gasteiger partial charge in [-0.1, -0.05) is 0 Å². The molecule has 0 bridgehead atoms. The summed E-state index contributed by atoms with van der Waals surface area (Å²) in [6.45, 7) is 0.324. The molecule has 1 N–H and O–H groups in total. The normalized spacial score (nSPS) is 10.2. The van der Waals surface area contributed by atoms with Crippen molar-refractivity contribution in [2.24, 2.45) is 0 Å². The zero-order chi connectivity index (χ0) is 15.2. The first-order valence-corrected chi connectivity index (χ1v) is 7.43. The van der Waals surface area contributed by atoms with Crippen LogP contribution in [-0.4, -0.2) is 34.2 Å². The molecular weight excluding hydrogens is 291 g/mol. The number of rotatable bonds is 4. The van der Waals surface area contributed by atoms with Gasteiger partial charge in [-0.05, 0) is 24.5 Å². The Hall–Kier alpha value is -2.15. The molecule has 1 heterocycles. The van der Waals surface area contributed by atoms with Crippen molar-refractivity contribution in [3.8, 4) is 0 Å². The van der Waals surface area contributed by atoms with E-state index in [4.69, 9.17) is 0 Å². The van der Waals surface area contributed by atoms with Gasteiger partial charge >= 0.3 is 6.03 Å². The van der Waals surface area contributed by atoms with Crippen LogP contribution in [0.3, 0.4) is 0 Å². The molecule has 21 heavy (non-hydrogen) atoms. The fourth-order valence-corrected chi connectivity index (χ4v) is 2.15. The average molecular weight is 306 g/mol. The molecule has 0 saturated carbocycles. The molecule has 110 valence electrons. The number of benzene rings is 1. The van der Waals surface area contributed by atoms with Crippen molar-refractivity contribution >= 4 is 23.5 Å². The molecule has 0 radical (unpaired) electrons. The van der Waals surface area contributed by atoms with Crippen LogP contribution in [0.2, 0.25) is 0 Å². The van der Waals surface area contributed by atoms with Crippen LogP contribution in [0.1, 0.15) is 5.69 Å². The van der Waals surface area contributed by atoms with E-state index in [1.807, 2.05) is 0 Å². The minimum absolute atomic E-state index is 0.324. The largest absolute Gasteiger partial charge is 0.322 e.